The zero-order chi connectivity index (χ0) is 17.3. The molecule has 6 nitrogen and oxygen atoms in total. The van der Waals surface area contributed by atoms with E-state index in [0.29, 0.717) is 6.54 Å². The molecule has 2 N–H and O–H groups in total. The highest BCUT2D eigenvalue weighted by Crippen LogP contribution is 2.05. The summed E-state index contributed by atoms with van der Waals surface area (Å²) in [6.07, 6.45) is 8.78. The summed E-state index contributed by atoms with van der Waals surface area (Å²) in [7, 11) is 0. The zero-order valence-corrected chi connectivity index (χ0v) is 14.4. The van der Waals surface area contributed by atoms with Gasteiger partial charge >= 0.3 is 6.03 Å². The van der Waals surface area contributed by atoms with Gasteiger partial charge in [-0.1, -0.05) is 42.5 Å². The van der Waals surface area contributed by atoms with Gasteiger partial charge in [0.2, 0.25) is 0 Å². The van der Waals surface area contributed by atoms with Crippen LogP contribution < -0.4 is 5.32 Å². The van der Waals surface area contributed by atoms with Crippen LogP contribution in [0.3, 0.4) is 0 Å². The summed E-state index contributed by atoms with van der Waals surface area (Å²) >= 11 is 0. The zero-order valence-electron chi connectivity index (χ0n) is 14.4. The van der Waals surface area contributed by atoms with E-state index in [1.165, 1.54) is 5.56 Å². The molecule has 3 rings (SSSR count). The number of carbonyl (C=O) groups is 1. The van der Waals surface area contributed by atoms with Crippen LogP contribution in [0.2, 0.25) is 0 Å². The topological polar surface area (TPSA) is 64.3 Å². The Morgan fingerprint density at radius 1 is 1.20 bits per heavy atom. The lowest BCUT2D eigenvalue weighted by Gasteiger charge is -2.34. The van der Waals surface area contributed by atoms with Gasteiger partial charge in [0.25, 0.3) is 0 Å². The Labute approximate surface area is 148 Å². The smallest absolute Gasteiger partial charge is 0.317 e. The molecule has 0 aliphatic carbocycles. The second kappa shape index (κ2) is 9.03. The summed E-state index contributed by atoms with van der Waals surface area (Å²) in [5.41, 5.74) is 2.33. The van der Waals surface area contributed by atoms with Crippen molar-refractivity contribution in [3.05, 3.63) is 59.9 Å². The number of rotatable bonds is 6. The predicted molar refractivity (Wildman–Crippen MR) is 99.2 cm³/mol. The first-order valence-corrected chi connectivity index (χ1v) is 8.75. The molecule has 1 aliphatic heterocycles. The largest absolute Gasteiger partial charge is 0.338 e. The summed E-state index contributed by atoms with van der Waals surface area (Å²) < 4.78 is 0. The molecule has 2 aromatic rings. The Kier molecular flexibility index (Phi) is 6.23. The number of urea groups is 1. The van der Waals surface area contributed by atoms with Crippen molar-refractivity contribution in [3.63, 3.8) is 0 Å². The molecule has 0 radical (unpaired) electrons. The second-order valence-corrected chi connectivity index (χ2v) is 6.19. The molecule has 0 bridgehead atoms. The van der Waals surface area contributed by atoms with Crippen LogP contribution in [0.1, 0.15) is 11.1 Å². The molecule has 2 heterocycles. The number of nitrogens with zero attached hydrogens (tertiary/aromatic N) is 3. The quantitative estimate of drug-likeness (QED) is 0.846. The molecule has 0 unspecified atom stereocenters. The normalized spacial score (nSPS) is 15.6. The average Bonchev–Trinajstić information content (AvgIpc) is 3.16. The van der Waals surface area contributed by atoms with Gasteiger partial charge in [-0.25, -0.2) is 4.79 Å². The fourth-order valence-electron chi connectivity index (χ4n) is 2.88. The number of hydrogen-bond acceptors (Lipinski definition) is 3. The average molecular weight is 339 g/mol. The van der Waals surface area contributed by atoms with Gasteiger partial charge in [-0.2, -0.15) is 5.10 Å². The first-order chi connectivity index (χ1) is 12.3. The number of amides is 2. The van der Waals surface area contributed by atoms with Crippen molar-refractivity contribution in [2.75, 3.05) is 39.3 Å². The minimum absolute atomic E-state index is 0.0305. The molecule has 1 saturated heterocycles. The number of H-pyrrole nitrogens is 1. The van der Waals surface area contributed by atoms with E-state index < -0.39 is 0 Å². The third kappa shape index (κ3) is 5.46. The number of carbonyl (C=O) groups excluding carboxylic acids is 1. The highest BCUT2D eigenvalue weighted by atomic mass is 16.2. The number of benzene rings is 1. The van der Waals surface area contributed by atoms with Crippen LogP contribution in [0.4, 0.5) is 4.79 Å². The van der Waals surface area contributed by atoms with Crippen LogP contribution in [0.25, 0.3) is 6.08 Å². The lowest BCUT2D eigenvalue weighted by atomic mass is 10.2. The van der Waals surface area contributed by atoms with Gasteiger partial charge in [0.05, 0.1) is 6.20 Å². The first kappa shape index (κ1) is 17.2. The molecular formula is C19H25N5O. The van der Waals surface area contributed by atoms with Gasteiger partial charge in [-0.3, -0.25) is 10.00 Å². The van der Waals surface area contributed by atoms with Gasteiger partial charge in [-0.15, -0.1) is 0 Å². The standard InChI is InChI=1S/C19H25N5O/c25-19(20-9-8-18-15-21-22-16-18)24-13-11-23(12-14-24)10-4-7-17-5-2-1-3-6-17/h1-7,15-16H,8-14H2,(H,20,25)(H,21,22)/b7-4+. The van der Waals surface area contributed by atoms with Crippen LogP contribution in [0.15, 0.2) is 48.8 Å². The van der Waals surface area contributed by atoms with Gasteiger partial charge in [0.15, 0.2) is 0 Å². The van der Waals surface area contributed by atoms with Gasteiger partial charge in [0.1, 0.15) is 0 Å². The molecule has 0 spiro atoms. The molecule has 132 valence electrons. The van der Waals surface area contributed by atoms with E-state index in [0.717, 1.165) is 44.7 Å². The van der Waals surface area contributed by atoms with E-state index in [2.05, 4.69) is 44.7 Å². The van der Waals surface area contributed by atoms with Crippen molar-refractivity contribution < 1.29 is 4.79 Å². The van der Waals surface area contributed by atoms with Crippen molar-refractivity contribution >= 4 is 12.1 Å². The maximum atomic E-state index is 12.2. The summed E-state index contributed by atoms with van der Waals surface area (Å²) in [5.74, 6) is 0. The van der Waals surface area contributed by atoms with Crippen molar-refractivity contribution in [2.24, 2.45) is 0 Å². The van der Waals surface area contributed by atoms with E-state index >= 15 is 0 Å². The maximum Gasteiger partial charge on any atom is 0.317 e. The molecule has 1 aromatic heterocycles. The van der Waals surface area contributed by atoms with Crippen LogP contribution in [-0.2, 0) is 6.42 Å². The highest BCUT2D eigenvalue weighted by molar-refractivity contribution is 5.74. The second-order valence-electron chi connectivity index (χ2n) is 6.19. The van der Waals surface area contributed by atoms with Gasteiger partial charge < -0.3 is 10.2 Å². The van der Waals surface area contributed by atoms with Crippen LogP contribution in [0, 0.1) is 0 Å². The third-order valence-corrected chi connectivity index (χ3v) is 4.38. The summed E-state index contributed by atoms with van der Waals surface area (Å²) in [6, 6.07) is 10.3. The molecular weight excluding hydrogens is 314 g/mol. The molecule has 1 aliphatic rings. The van der Waals surface area contributed by atoms with E-state index in [9.17, 15) is 4.79 Å². The predicted octanol–water partition coefficient (Wildman–Crippen LogP) is 1.99. The molecule has 1 fully saturated rings. The summed E-state index contributed by atoms with van der Waals surface area (Å²) in [6.45, 7) is 4.93. The van der Waals surface area contributed by atoms with E-state index in [1.807, 2.05) is 29.3 Å². The Morgan fingerprint density at radius 2 is 2.00 bits per heavy atom. The van der Waals surface area contributed by atoms with Gasteiger partial charge in [-0.05, 0) is 17.5 Å². The summed E-state index contributed by atoms with van der Waals surface area (Å²) in [4.78, 5) is 16.5. The number of piperazine rings is 1. The Morgan fingerprint density at radius 3 is 2.72 bits per heavy atom. The van der Waals surface area contributed by atoms with Crippen molar-refractivity contribution in [1.82, 2.24) is 25.3 Å². The SMILES string of the molecule is O=C(NCCc1cn[nH]c1)N1CCN(C/C=C/c2ccccc2)CC1. The van der Waals surface area contributed by atoms with E-state index in [1.54, 1.807) is 6.20 Å². The van der Waals surface area contributed by atoms with Crippen LogP contribution >= 0.6 is 0 Å². The van der Waals surface area contributed by atoms with E-state index in [-0.39, 0.29) is 6.03 Å². The van der Waals surface area contributed by atoms with Crippen LogP contribution in [0.5, 0.6) is 0 Å². The molecule has 1 aromatic carbocycles. The number of aromatic amines is 1. The Hall–Kier alpha value is -2.60. The Balaban J connectivity index is 1.33. The van der Waals surface area contributed by atoms with E-state index in [4.69, 9.17) is 0 Å². The Bertz CT molecular complexity index is 660. The van der Waals surface area contributed by atoms with Crippen molar-refractivity contribution in [2.45, 2.75) is 6.42 Å². The summed E-state index contributed by atoms with van der Waals surface area (Å²) in [5, 5.41) is 9.66. The van der Waals surface area contributed by atoms with Crippen molar-refractivity contribution in [1.29, 1.82) is 0 Å². The first-order valence-electron chi connectivity index (χ1n) is 8.75. The van der Waals surface area contributed by atoms with Crippen LogP contribution in [-0.4, -0.2) is 65.3 Å². The molecule has 0 atom stereocenters. The third-order valence-electron chi connectivity index (χ3n) is 4.38. The maximum absolute atomic E-state index is 12.2. The van der Waals surface area contributed by atoms with Crippen molar-refractivity contribution in [3.8, 4) is 0 Å². The fraction of sp³-hybridized carbons (Fsp3) is 0.368. The molecule has 6 heteroatoms. The highest BCUT2D eigenvalue weighted by Gasteiger charge is 2.19. The number of aromatic nitrogens is 2. The van der Waals surface area contributed by atoms with Gasteiger partial charge in [0, 0.05) is 45.5 Å². The fourth-order valence-corrected chi connectivity index (χ4v) is 2.88. The molecule has 0 saturated carbocycles. The lowest BCUT2D eigenvalue weighted by molar-refractivity contribution is 0.147. The molecule has 25 heavy (non-hydrogen) atoms. The minimum atomic E-state index is 0.0305. The lowest BCUT2D eigenvalue weighted by Crippen LogP contribution is -2.51. The number of nitrogens with one attached hydrogen (secondary N) is 2. The number of hydrogen-bond donors (Lipinski definition) is 2. The monoisotopic (exact) mass is 339 g/mol. The molecule has 2 amide bonds. The minimum Gasteiger partial charge on any atom is -0.338 e.